The maximum absolute atomic E-state index is 12.4. The van der Waals surface area contributed by atoms with Crippen molar-refractivity contribution in [3.05, 3.63) is 9.81 Å². The van der Waals surface area contributed by atoms with Gasteiger partial charge in [-0.2, -0.15) is 0 Å². The van der Waals surface area contributed by atoms with Gasteiger partial charge in [0.2, 0.25) is 0 Å². The normalized spacial score (nSPS) is 10.4. The molecule has 6 heteroatoms. The summed E-state index contributed by atoms with van der Waals surface area (Å²) in [5.41, 5.74) is 0.730. The molecule has 0 radical (unpaired) electrons. The summed E-state index contributed by atoms with van der Waals surface area (Å²) < 4.78 is 11.3. The second-order valence-electron chi connectivity index (χ2n) is 5.55. The van der Waals surface area contributed by atoms with E-state index in [9.17, 15) is 9.59 Å². The number of esters is 2. The maximum Gasteiger partial charge on any atom is 0.335 e. The predicted molar refractivity (Wildman–Crippen MR) is 109 cm³/mol. The van der Waals surface area contributed by atoms with E-state index in [0.29, 0.717) is 32.5 Å². The van der Waals surface area contributed by atoms with Gasteiger partial charge >= 0.3 is 11.9 Å². The number of rotatable bonds is 15. The summed E-state index contributed by atoms with van der Waals surface area (Å²) in [5, 5.41) is 0. The quantitative estimate of drug-likeness (QED) is 0.207. The Kier molecular flexibility index (Phi) is 16.4. The Labute approximate surface area is 161 Å². The lowest BCUT2D eigenvalue weighted by Crippen LogP contribution is -2.11. The van der Waals surface area contributed by atoms with E-state index in [1.54, 1.807) is 30.4 Å². The minimum absolute atomic E-state index is 0.204. The van der Waals surface area contributed by atoms with Gasteiger partial charge in [-0.15, -0.1) is 23.5 Å². The van der Waals surface area contributed by atoms with Crippen LogP contribution in [-0.2, 0) is 19.1 Å². The maximum atomic E-state index is 12.4. The standard InChI is InChI=1S/C19H34O4S2/c1-5-9-14-24-19(25-15-10-6-2)16(18(21)23-8-4)12-11-13-17(20)22-7-3/h5-15H2,1-4H3. The highest BCUT2D eigenvalue weighted by Crippen LogP contribution is 2.35. The summed E-state index contributed by atoms with van der Waals surface area (Å²) in [7, 11) is 0. The van der Waals surface area contributed by atoms with Crippen molar-refractivity contribution in [1.82, 2.24) is 0 Å². The number of thioether (sulfide) groups is 2. The Morgan fingerprint density at radius 2 is 1.32 bits per heavy atom. The van der Waals surface area contributed by atoms with Crippen molar-refractivity contribution in [2.75, 3.05) is 24.7 Å². The first kappa shape index (κ1) is 24.4. The number of carbonyl (C=O) groups excluding carboxylic acids is 2. The van der Waals surface area contributed by atoms with Crippen LogP contribution in [0.3, 0.4) is 0 Å². The zero-order valence-electron chi connectivity index (χ0n) is 16.2. The molecule has 0 heterocycles. The highest BCUT2D eigenvalue weighted by atomic mass is 32.2. The molecular formula is C19H34O4S2. The van der Waals surface area contributed by atoms with Crippen LogP contribution in [0.2, 0.25) is 0 Å². The summed E-state index contributed by atoms with van der Waals surface area (Å²) in [6.45, 7) is 8.72. The van der Waals surface area contributed by atoms with E-state index < -0.39 is 0 Å². The van der Waals surface area contributed by atoms with E-state index in [0.717, 1.165) is 47.0 Å². The minimum atomic E-state index is -0.241. The lowest BCUT2D eigenvalue weighted by molar-refractivity contribution is -0.143. The lowest BCUT2D eigenvalue weighted by atomic mass is 10.1. The highest BCUT2D eigenvalue weighted by molar-refractivity contribution is 8.22. The fourth-order valence-corrected chi connectivity index (χ4v) is 4.77. The smallest absolute Gasteiger partial charge is 0.335 e. The Bertz CT molecular complexity index is 396. The van der Waals surface area contributed by atoms with Crippen molar-refractivity contribution in [2.45, 2.75) is 72.6 Å². The highest BCUT2D eigenvalue weighted by Gasteiger charge is 2.18. The third-order valence-corrected chi connectivity index (χ3v) is 6.05. The summed E-state index contributed by atoms with van der Waals surface area (Å²) in [6.07, 6.45) is 6.03. The van der Waals surface area contributed by atoms with Gasteiger partial charge in [-0.05, 0) is 51.0 Å². The molecule has 0 aromatic rings. The topological polar surface area (TPSA) is 52.6 Å². The summed E-state index contributed by atoms with van der Waals surface area (Å²) >= 11 is 3.51. The second-order valence-corrected chi connectivity index (χ2v) is 8.02. The molecule has 0 aliphatic rings. The zero-order valence-corrected chi connectivity index (χ0v) is 17.9. The molecule has 0 N–H and O–H groups in total. The van der Waals surface area contributed by atoms with E-state index in [2.05, 4.69) is 13.8 Å². The Balaban J connectivity index is 5.05. The van der Waals surface area contributed by atoms with Crippen molar-refractivity contribution in [1.29, 1.82) is 0 Å². The van der Waals surface area contributed by atoms with E-state index in [-0.39, 0.29) is 11.9 Å². The van der Waals surface area contributed by atoms with Gasteiger partial charge in [0.1, 0.15) is 0 Å². The molecule has 0 saturated heterocycles. The van der Waals surface area contributed by atoms with Gasteiger partial charge in [0.15, 0.2) is 0 Å². The first-order chi connectivity index (χ1) is 12.1. The van der Waals surface area contributed by atoms with Crippen LogP contribution in [0.4, 0.5) is 0 Å². The van der Waals surface area contributed by atoms with Crippen LogP contribution in [0.15, 0.2) is 9.81 Å². The molecule has 4 nitrogen and oxygen atoms in total. The molecule has 0 saturated carbocycles. The van der Waals surface area contributed by atoms with Crippen LogP contribution in [0.1, 0.15) is 72.6 Å². The van der Waals surface area contributed by atoms with Crippen molar-refractivity contribution in [3.8, 4) is 0 Å². The largest absolute Gasteiger partial charge is 0.466 e. The van der Waals surface area contributed by atoms with Crippen LogP contribution in [0, 0.1) is 0 Å². The average molecular weight is 391 g/mol. The molecule has 0 aromatic heterocycles. The SMILES string of the molecule is CCCCSC(SCCCC)=C(CCCC(=O)OCC)C(=O)OCC. The molecule has 0 rings (SSSR count). The number of hydrogen-bond donors (Lipinski definition) is 0. The molecule has 0 amide bonds. The van der Waals surface area contributed by atoms with Crippen molar-refractivity contribution < 1.29 is 19.1 Å². The van der Waals surface area contributed by atoms with Crippen molar-refractivity contribution in [3.63, 3.8) is 0 Å². The Morgan fingerprint density at radius 1 is 0.760 bits per heavy atom. The van der Waals surface area contributed by atoms with Crippen LogP contribution < -0.4 is 0 Å². The van der Waals surface area contributed by atoms with Gasteiger partial charge in [0.25, 0.3) is 0 Å². The van der Waals surface area contributed by atoms with Gasteiger partial charge in [-0.25, -0.2) is 4.79 Å². The van der Waals surface area contributed by atoms with Gasteiger partial charge in [0, 0.05) is 6.42 Å². The minimum Gasteiger partial charge on any atom is -0.466 e. The average Bonchev–Trinajstić information content (AvgIpc) is 2.58. The third kappa shape index (κ3) is 12.4. The Morgan fingerprint density at radius 3 is 1.80 bits per heavy atom. The number of carbonyl (C=O) groups is 2. The van der Waals surface area contributed by atoms with E-state index in [4.69, 9.17) is 9.47 Å². The number of unbranched alkanes of at least 4 members (excludes halogenated alkanes) is 2. The molecule has 0 unspecified atom stereocenters. The number of ether oxygens (including phenoxy) is 2. The van der Waals surface area contributed by atoms with E-state index in [1.165, 1.54) is 0 Å². The Hall–Kier alpha value is -0.620. The summed E-state index contributed by atoms with van der Waals surface area (Å²) in [5.74, 6) is 1.57. The summed E-state index contributed by atoms with van der Waals surface area (Å²) in [4.78, 5) is 24.0. The van der Waals surface area contributed by atoms with Crippen molar-refractivity contribution >= 4 is 35.5 Å². The second kappa shape index (κ2) is 16.8. The molecule has 0 aliphatic carbocycles. The van der Waals surface area contributed by atoms with Crippen LogP contribution >= 0.6 is 23.5 Å². The van der Waals surface area contributed by atoms with Gasteiger partial charge in [0.05, 0.1) is 23.0 Å². The van der Waals surface area contributed by atoms with Crippen molar-refractivity contribution in [2.24, 2.45) is 0 Å². The van der Waals surface area contributed by atoms with E-state index in [1.807, 2.05) is 6.92 Å². The fourth-order valence-electron chi connectivity index (χ4n) is 1.98. The predicted octanol–water partition coefficient (Wildman–Crippen LogP) is 5.56. The number of hydrogen-bond acceptors (Lipinski definition) is 6. The molecule has 0 atom stereocenters. The molecule has 0 fully saturated rings. The monoisotopic (exact) mass is 390 g/mol. The van der Waals surface area contributed by atoms with Crippen LogP contribution in [-0.4, -0.2) is 36.7 Å². The molecule has 25 heavy (non-hydrogen) atoms. The molecule has 146 valence electrons. The van der Waals surface area contributed by atoms with Gasteiger partial charge < -0.3 is 9.47 Å². The molecule has 0 aliphatic heterocycles. The first-order valence-corrected chi connectivity index (χ1v) is 11.4. The summed E-state index contributed by atoms with van der Waals surface area (Å²) in [6, 6.07) is 0. The third-order valence-electron chi connectivity index (χ3n) is 3.34. The molecule has 0 spiro atoms. The van der Waals surface area contributed by atoms with Gasteiger partial charge in [-0.1, -0.05) is 26.7 Å². The van der Waals surface area contributed by atoms with Crippen LogP contribution in [0.5, 0.6) is 0 Å². The first-order valence-electron chi connectivity index (χ1n) is 9.41. The van der Waals surface area contributed by atoms with Gasteiger partial charge in [-0.3, -0.25) is 4.79 Å². The fraction of sp³-hybridized carbons (Fsp3) is 0.789. The lowest BCUT2D eigenvalue weighted by Gasteiger charge is -2.14. The van der Waals surface area contributed by atoms with E-state index >= 15 is 0 Å². The zero-order chi connectivity index (χ0) is 18.9. The molecular weight excluding hydrogens is 356 g/mol. The molecule has 0 aromatic carbocycles. The molecule has 0 bridgehead atoms. The van der Waals surface area contributed by atoms with Crippen LogP contribution in [0.25, 0.3) is 0 Å².